The smallest absolute Gasteiger partial charge is 0.242 e. The van der Waals surface area contributed by atoms with Crippen LogP contribution in [0.2, 0.25) is 0 Å². The highest BCUT2D eigenvalue weighted by molar-refractivity contribution is 7.89. The fraction of sp³-hybridized carbons (Fsp3) is 0.417. The lowest BCUT2D eigenvalue weighted by atomic mass is 9.87. The first-order chi connectivity index (χ1) is 9.56. The van der Waals surface area contributed by atoms with Crippen molar-refractivity contribution in [1.82, 2.24) is 14.7 Å². The maximum atomic E-state index is 12.3. The zero-order valence-corrected chi connectivity index (χ0v) is 11.5. The molecule has 0 saturated carbocycles. The van der Waals surface area contributed by atoms with Crippen LogP contribution in [0.3, 0.4) is 0 Å². The Bertz CT molecular complexity index is 716. The first kappa shape index (κ1) is 13.5. The van der Waals surface area contributed by atoms with Gasteiger partial charge in [-0.25, -0.2) is 18.1 Å². The van der Waals surface area contributed by atoms with Crippen LogP contribution in [0.15, 0.2) is 29.4 Å². The van der Waals surface area contributed by atoms with Gasteiger partial charge in [0.25, 0.3) is 0 Å². The van der Waals surface area contributed by atoms with Gasteiger partial charge in [0.05, 0.1) is 25.2 Å². The van der Waals surface area contributed by atoms with Gasteiger partial charge in [0.15, 0.2) is 0 Å². The fourth-order valence-corrected chi connectivity index (χ4v) is 3.44. The van der Waals surface area contributed by atoms with Crippen LogP contribution in [0.4, 0.5) is 0 Å². The number of H-pyrrole nitrogens is 1. The summed E-state index contributed by atoms with van der Waals surface area (Å²) in [4.78, 5) is 7.05. The molecule has 8 heteroatoms. The van der Waals surface area contributed by atoms with Gasteiger partial charge in [-0.15, -0.1) is 0 Å². The lowest BCUT2D eigenvalue weighted by Crippen LogP contribution is -2.53. The normalized spacial score (nSPS) is 18.1. The minimum atomic E-state index is -3.65. The molecule has 3 rings (SSSR count). The third-order valence-electron chi connectivity index (χ3n) is 3.49. The van der Waals surface area contributed by atoms with E-state index in [0.717, 1.165) is 0 Å². The molecule has 0 radical (unpaired) electrons. The molecule has 1 fully saturated rings. The van der Waals surface area contributed by atoms with Gasteiger partial charge in [0.1, 0.15) is 10.5 Å². The summed E-state index contributed by atoms with van der Waals surface area (Å²) in [6.07, 6.45) is 3.01. The van der Waals surface area contributed by atoms with Crippen molar-refractivity contribution in [3.8, 4) is 0 Å². The fourth-order valence-electron chi connectivity index (χ4n) is 2.12. The van der Waals surface area contributed by atoms with Gasteiger partial charge in [-0.05, 0) is 12.1 Å². The minimum Gasteiger partial charge on any atom is -0.396 e. The molecule has 1 aliphatic rings. The Kier molecular flexibility index (Phi) is 3.25. The maximum absolute atomic E-state index is 12.3. The monoisotopic (exact) mass is 297 g/mol. The Hall–Kier alpha value is -1.48. The minimum absolute atomic E-state index is 0.106. The van der Waals surface area contributed by atoms with Gasteiger partial charge < -0.3 is 14.8 Å². The van der Waals surface area contributed by atoms with Crippen LogP contribution in [0.25, 0.3) is 11.0 Å². The highest BCUT2D eigenvalue weighted by Gasteiger charge is 2.39. The van der Waals surface area contributed by atoms with Gasteiger partial charge in [-0.1, -0.05) is 0 Å². The molecule has 0 aliphatic carbocycles. The molecule has 2 aromatic rings. The zero-order valence-electron chi connectivity index (χ0n) is 10.7. The van der Waals surface area contributed by atoms with E-state index in [0.29, 0.717) is 24.2 Å². The van der Waals surface area contributed by atoms with Crippen LogP contribution >= 0.6 is 0 Å². The number of nitrogens with one attached hydrogen (secondary N) is 2. The van der Waals surface area contributed by atoms with Crippen LogP contribution < -0.4 is 4.72 Å². The summed E-state index contributed by atoms with van der Waals surface area (Å²) in [6.45, 7) is 0.770. The van der Waals surface area contributed by atoms with Crippen molar-refractivity contribution in [1.29, 1.82) is 0 Å². The molecular formula is C12H15N3O4S. The summed E-state index contributed by atoms with van der Waals surface area (Å²) < 4.78 is 32.2. The summed E-state index contributed by atoms with van der Waals surface area (Å²) in [5.74, 6) is 0. The highest BCUT2D eigenvalue weighted by atomic mass is 32.2. The lowest BCUT2D eigenvalue weighted by molar-refractivity contribution is -0.132. The average molecular weight is 297 g/mol. The second kappa shape index (κ2) is 4.81. The number of aliphatic hydroxyl groups excluding tert-OH is 1. The molecule has 108 valence electrons. The van der Waals surface area contributed by atoms with Gasteiger partial charge >= 0.3 is 0 Å². The Morgan fingerprint density at radius 2 is 2.30 bits per heavy atom. The second-order valence-corrected chi connectivity index (χ2v) is 6.76. The Labute approximate surface area is 116 Å². The van der Waals surface area contributed by atoms with Crippen LogP contribution in [0.1, 0.15) is 0 Å². The number of aromatic amines is 1. The van der Waals surface area contributed by atoms with Crippen molar-refractivity contribution in [2.24, 2.45) is 5.41 Å². The predicted molar refractivity (Wildman–Crippen MR) is 71.6 cm³/mol. The first-order valence-electron chi connectivity index (χ1n) is 6.17. The molecule has 1 saturated heterocycles. The third-order valence-corrected chi connectivity index (χ3v) is 4.93. The molecule has 3 heterocycles. The number of aromatic nitrogens is 2. The number of fused-ring (bicyclic) bond motifs is 1. The molecule has 0 aromatic carbocycles. The van der Waals surface area contributed by atoms with Crippen molar-refractivity contribution in [3.05, 3.63) is 24.5 Å². The molecule has 0 atom stereocenters. The summed E-state index contributed by atoms with van der Waals surface area (Å²) in [5.41, 5.74) is 0.0222. The van der Waals surface area contributed by atoms with E-state index in [4.69, 9.17) is 4.74 Å². The number of nitrogens with zero attached hydrogens (tertiary/aromatic N) is 1. The summed E-state index contributed by atoms with van der Waals surface area (Å²) in [7, 11) is -3.65. The number of rotatable bonds is 5. The maximum Gasteiger partial charge on any atom is 0.242 e. The molecule has 7 nitrogen and oxygen atoms in total. The first-order valence-corrected chi connectivity index (χ1v) is 7.65. The van der Waals surface area contributed by atoms with E-state index in [1.54, 1.807) is 18.3 Å². The number of pyridine rings is 1. The Morgan fingerprint density at radius 1 is 1.50 bits per heavy atom. The number of hydrogen-bond donors (Lipinski definition) is 3. The number of aliphatic hydroxyl groups is 1. The van der Waals surface area contributed by atoms with Crippen molar-refractivity contribution in [3.63, 3.8) is 0 Å². The topological polar surface area (TPSA) is 104 Å². The number of ether oxygens (including phenoxy) is 1. The van der Waals surface area contributed by atoms with E-state index < -0.39 is 15.4 Å². The van der Waals surface area contributed by atoms with E-state index >= 15 is 0 Å². The van der Waals surface area contributed by atoms with E-state index in [1.807, 2.05) is 0 Å². The van der Waals surface area contributed by atoms with Crippen LogP contribution in [0.5, 0.6) is 0 Å². The van der Waals surface area contributed by atoms with Gasteiger partial charge in [0, 0.05) is 24.3 Å². The molecule has 0 spiro atoms. The average Bonchev–Trinajstić information content (AvgIpc) is 2.82. The largest absolute Gasteiger partial charge is 0.396 e. The van der Waals surface area contributed by atoms with E-state index in [9.17, 15) is 13.5 Å². The highest BCUT2D eigenvalue weighted by Crippen LogP contribution is 2.27. The molecule has 1 aliphatic heterocycles. The summed E-state index contributed by atoms with van der Waals surface area (Å²) in [6, 6.07) is 3.38. The standard InChI is InChI=1S/C12H15N3O4S/c16-6-12(7-19-8-12)5-15-20(17,18)10-4-14-11-9(10)2-1-3-13-11/h1-4,15-16H,5-8H2,(H,13,14). The van der Waals surface area contributed by atoms with Gasteiger partial charge in [-0.3, -0.25) is 0 Å². The van der Waals surface area contributed by atoms with Crippen LogP contribution in [0, 0.1) is 5.41 Å². The molecule has 20 heavy (non-hydrogen) atoms. The molecule has 0 bridgehead atoms. The number of sulfonamides is 1. The number of hydrogen-bond acceptors (Lipinski definition) is 5. The van der Waals surface area contributed by atoms with Crippen LogP contribution in [-0.4, -0.2) is 49.9 Å². The van der Waals surface area contributed by atoms with Crippen molar-refractivity contribution in [2.75, 3.05) is 26.4 Å². The molecule has 0 amide bonds. The Morgan fingerprint density at radius 3 is 2.95 bits per heavy atom. The SMILES string of the molecule is O=S(=O)(NCC1(CO)COC1)c1c[nH]c2ncccc12. The predicted octanol–water partition coefficient (Wildman–Crippen LogP) is -0.150. The molecule has 2 aromatic heterocycles. The molecule has 3 N–H and O–H groups in total. The van der Waals surface area contributed by atoms with Crippen LogP contribution in [-0.2, 0) is 14.8 Å². The van der Waals surface area contributed by atoms with Gasteiger partial charge in [0.2, 0.25) is 10.0 Å². The van der Waals surface area contributed by atoms with Crippen molar-refractivity contribution in [2.45, 2.75) is 4.90 Å². The second-order valence-electron chi connectivity index (χ2n) is 5.03. The quantitative estimate of drug-likeness (QED) is 0.712. The summed E-state index contributed by atoms with van der Waals surface area (Å²) >= 11 is 0. The van der Waals surface area contributed by atoms with Gasteiger partial charge in [-0.2, -0.15) is 0 Å². The van der Waals surface area contributed by atoms with Crippen molar-refractivity contribution >= 4 is 21.1 Å². The zero-order chi connectivity index (χ0) is 14.2. The molecule has 0 unspecified atom stereocenters. The van der Waals surface area contributed by atoms with E-state index in [2.05, 4.69) is 14.7 Å². The third kappa shape index (κ3) is 2.20. The van der Waals surface area contributed by atoms with Crippen molar-refractivity contribution < 1.29 is 18.3 Å². The van der Waals surface area contributed by atoms with E-state index in [1.165, 1.54) is 6.20 Å². The summed E-state index contributed by atoms with van der Waals surface area (Å²) in [5, 5.41) is 9.85. The van der Waals surface area contributed by atoms with E-state index in [-0.39, 0.29) is 18.0 Å². The lowest BCUT2D eigenvalue weighted by Gasteiger charge is -2.39. The molecular weight excluding hydrogens is 282 g/mol. The Balaban J connectivity index is 1.85.